The number of ether oxygens (including phenoxy) is 2. The molecule has 0 radical (unpaired) electrons. The smallest absolute Gasteiger partial charge is 0.303 e. The lowest BCUT2D eigenvalue weighted by Gasteiger charge is -2.26. The number of hydrogen-bond acceptors (Lipinski definition) is 5. The van der Waals surface area contributed by atoms with Gasteiger partial charge in [-0.1, -0.05) is 38.0 Å². The highest BCUT2D eigenvalue weighted by Gasteiger charge is 2.41. The number of aliphatic carboxylic acids is 1. The fourth-order valence-electron chi connectivity index (χ4n) is 4.12. The maximum atomic E-state index is 10.5. The summed E-state index contributed by atoms with van der Waals surface area (Å²) in [5, 5.41) is 29.5. The first kappa shape index (κ1) is 23.1. The van der Waals surface area contributed by atoms with Gasteiger partial charge in [0.05, 0.1) is 25.4 Å². The van der Waals surface area contributed by atoms with E-state index in [4.69, 9.17) is 14.6 Å². The molecule has 6 heteroatoms. The summed E-state index contributed by atoms with van der Waals surface area (Å²) in [5.74, 6) is -1.68. The van der Waals surface area contributed by atoms with E-state index in [-0.39, 0.29) is 18.3 Å². The van der Waals surface area contributed by atoms with Crippen LogP contribution in [0.1, 0.15) is 64.7 Å². The zero-order valence-electron chi connectivity index (χ0n) is 17.0. The normalized spacial score (nSPS) is 30.0. The molecule has 1 aliphatic carbocycles. The first-order chi connectivity index (χ1) is 13.5. The van der Waals surface area contributed by atoms with Crippen LogP contribution in [0.4, 0.5) is 0 Å². The van der Waals surface area contributed by atoms with Crippen LogP contribution < -0.4 is 0 Å². The highest BCUT2D eigenvalue weighted by Crippen LogP contribution is 2.38. The molecular weight excluding hydrogens is 360 g/mol. The predicted molar refractivity (Wildman–Crippen MR) is 107 cm³/mol. The van der Waals surface area contributed by atoms with Crippen LogP contribution in [0.2, 0.25) is 0 Å². The lowest BCUT2D eigenvalue weighted by Crippen LogP contribution is -2.28. The lowest BCUT2D eigenvalue weighted by atomic mass is 9.89. The summed E-state index contributed by atoms with van der Waals surface area (Å²) in [6.07, 6.45) is 13.4. The van der Waals surface area contributed by atoms with Gasteiger partial charge < -0.3 is 24.8 Å². The average Bonchev–Trinajstić information content (AvgIpc) is 3.21. The van der Waals surface area contributed by atoms with Crippen LogP contribution in [0.25, 0.3) is 0 Å². The van der Waals surface area contributed by atoms with Gasteiger partial charge in [0.25, 0.3) is 0 Å². The molecule has 0 aromatic rings. The monoisotopic (exact) mass is 396 g/mol. The molecule has 1 heterocycles. The van der Waals surface area contributed by atoms with Gasteiger partial charge in [-0.2, -0.15) is 0 Å². The first-order valence-corrected chi connectivity index (χ1v) is 10.7. The Morgan fingerprint density at radius 3 is 2.54 bits per heavy atom. The molecule has 160 valence electrons. The summed E-state index contributed by atoms with van der Waals surface area (Å²) in [6, 6.07) is 0. The van der Waals surface area contributed by atoms with Gasteiger partial charge in [-0.05, 0) is 37.7 Å². The number of carboxylic acid groups (broad SMARTS) is 1. The second-order valence-electron chi connectivity index (χ2n) is 7.93. The van der Waals surface area contributed by atoms with Crippen molar-refractivity contribution in [3.05, 3.63) is 24.3 Å². The van der Waals surface area contributed by atoms with E-state index >= 15 is 0 Å². The van der Waals surface area contributed by atoms with Gasteiger partial charge >= 0.3 is 5.97 Å². The number of rotatable bonds is 12. The zero-order valence-corrected chi connectivity index (χ0v) is 17.0. The van der Waals surface area contributed by atoms with E-state index in [0.717, 1.165) is 25.7 Å². The molecule has 0 aromatic carbocycles. The molecule has 2 aliphatic rings. The van der Waals surface area contributed by atoms with Crippen LogP contribution in [0, 0.1) is 11.8 Å². The van der Waals surface area contributed by atoms with Gasteiger partial charge in [0.1, 0.15) is 0 Å². The first-order valence-electron chi connectivity index (χ1n) is 10.7. The largest absolute Gasteiger partial charge is 0.481 e. The van der Waals surface area contributed by atoms with Crippen LogP contribution in [0.3, 0.4) is 0 Å². The Morgan fingerprint density at radius 2 is 1.86 bits per heavy atom. The van der Waals surface area contributed by atoms with Gasteiger partial charge in [0.2, 0.25) is 0 Å². The summed E-state index contributed by atoms with van der Waals surface area (Å²) in [7, 11) is 0. The van der Waals surface area contributed by atoms with Gasteiger partial charge in [-0.25, -0.2) is 0 Å². The summed E-state index contributed by atoms with van der Waals surface area (Å²) >= 11 is 0. The highest BCUT2D eigenvalue weighted by molar-refractivity contribution is 5.66. The molecule has 0 amide bonds. The Labute approximate surface area is 168 Å². The molecule has 3 N–H and O–H groups in total. The van der Waals surface area contributed by atoms with Crippen molar-refractivity contribution in [2.24, 2.45) is 11.8 Å². The SMILES string of the molecule is CCCCCC1(/C=C/[C@@H]2[C@@H](C/C=C\CCCC(=O)O)[C@@H](O)C[C@H]2O)OCCO1. The van der Waals surface area contributed by atoms with Crippen molar-refractivity contribution in [1.29, 1.82) is 0 Å². The topological polar surface area (TPSA) is 96.2 Å². The molecule has 0 unspecified atom stereocenters. The van der Waals surface area contributed by atoms with Crippen LogP contribution >= 0.6 is 0 Å². The van der Waals surface area contributed by atoms with Crippen LogP contribution in [-0.4, -0.2) is 52.5 Å². The van der Waals surface area contributed by atoms with E-state index in [2.05, 4.69) is 6.92 Å². The fourth-order valence-corrected chi connectivity index (χ4v) is 4.12. The van der Waals surface area contributed by atoms with Crippen LogP contribution in [0.5, 0.6) is 0 Å². The van der Waals surface area contributed by atoms with Gasteiger partial charge in [0, 0.05) is 25.2 Å². The minimum absolute atomic E-state index is 0.0592. The molecule has 2 fully saturated rings. The van der Waals surface area contributed by atoms with Crippen molar-refractivity contribution >= 4 is 5.97 Å². The average molecular weight is 397 g/mol. The standard InChI is InChI=1S/C22H36O6/c1-2-3-8-12-22(27-14-15-28-22)13-11-18-17(19(23)16-20(18)24)9-6-4-5-7-10-21(25)26/h4,6,11,13,17-20,23-24H,2-3,5,7-10,12,14-16H2,1H3,(H,25,26)/b6-4-,13-11+/t17-,18-,19+,20-/m1/s1. The van der Waals surface area contributed by atoms with Crippen molar-refractivity contribution < 1.29 is 29.6 Å². The fraction of sp³-hybridized carbons (Fsp3) is 0.773. The Morgan fingerprint density at radius 1 is 1.11 bits per heavy atom. The zero-order chi connectivity index (χ0) is 20.4. The number of carbonyl (C=O) groups is 1. The van der Waals surface area contributed by atoms with Crippen molar-refractivity contribution in [2.75, 3.05) is 13.2 Å². The molecule has 0 bridgehead atoms. The molecule has 28 heavy (non-hydrogen) atoms. The molecular formula is C22H36O6. The summed E-state index contributed by atoms with van der Waals surface area (Å²) in [6.45, 7) is 3.32. The van der Waals surface area contributed by atoms with E-state index < -0.39 is 24.0 Å². The van der Waals surface area contributed by atoms with Gasteiger partial charge in [-0.15, -0.1) is 0 Å². The van der Waals surface area contributed by atoms with E-state index in [1.807, 2.05) is 24.3 Å². The van der Waals surface area contributed by atoms with E-state index in [1.165, 1.54) is 0 Å². The quantitative estimate of drug-likeness (QED) is 0.345. The van der Waals surface area contributed by atoms with E-state index in [1.54, 1.807) is 0 Å². The second kappa shape index (κ2) is 11.7. The molecule has 1 aliphatic heterocycles. The number of unbranched alkanes of at least 4 members (excludes halogenated alkanes) is 3. The molecule has 4 atom stereocenters. The Kier molecular flexibility index (Phi) is 9.65. The van der Waals surface area contributed by atoms with E-state index in [0.29, 0.717) is 38.9 Å². The van der Waals surface area contributed by atoms with Crippen molar-refractivity contribution in [1.82, 2.24) is 0 Å². The van der Waals surface area contributed by atoms with Gasteiger partial charge in [0.15, 0.2) is 5.79 Å². The molecule has 0 aromatic heterocycles. The molecule has 6 nitrogen and oxygen atoms in total. The predicted octanol–water partition coefficient (Wildman–Crippen LogP) is 3.43. The minimum Gasteiger partial charge on any atom is -0.481 e. The molecule has 1 saturated carbocycles. The number of allylic oxidation sites excluding steroid dienone is 2. The Bertz CT molecular complexity index is 523. The van der Waals surface area contributed by atoms with E-state index in [9.17, 15) is 15.0 Å². The Hall–Kier alpha value is -1.21. The number of hydrogen-bond donors (Lipinski definition) is 3. The molecule has 1 saturated heterocycles. The summed E-state index contributed by atoms with van der Waals surface area (Å²) < 4.78 is 11.7. The van der Waals surface area contributed by atoms with Crippen LogP contribution in [-0.2, 0) is 14.3 Å². The molecule has 0 spiro atoms. The highest BCUT2D eigenvalue weighted by atomic mass is 16.7. The maximum absolute atomic E-state index is 10.5. The number of aliphatic hydroxyl groups excluding tert-OH is 2. The second-order valence-corrected chi connectivity index (χ2v) is 7.93. The third kappa shape index (κ3) is 6.99. The molecule has 2 rings (SSSR count). The Balaban J connectivity index is 1.93. The third-order valence-electron chi connectivity index (χ3n) is 5.73. The number of carboxylic acids is 1. The minimum atomic E-state index is -0.780. The van der Waals surface area contributed by atoms with Crippen molar-refractivity contribution in [2.45, 2.75) is 82.7 Å². The van der Waals surface area contributed by atoms with Crippen molar-refractivity contribution in [3.8, 4) is 0 Å². The summed E-state index contributed by atoms with van der Waals surface area (Å²) in [5.41, 5.74) is 0. The van der Waals surface area contributed by atoms with Crippen molar-refractivity contribution in [3.63, 3.8) is 0 Å². The number of aliphatic hydroxyl groups is 2. The third-order valence-corrected chi connectivity index (χ3v) is 5.73. The van der Waals surface area contributed by atoms with Gasteiger partial charge in [-0.3, -0.25) is 4.79 Å². The lowest BCUT2D eigenvalue weighted by molar-refractivity contribution is -0.137. The maximum Gasteiger partial charge on any atom is 0.303 e. The van der Waals surface area contributed by atoms with Crippen LogP contribution in [0.15, 0.2) is 24.3 Å². The summed E-state index contributed by atoms with van der Waals surface area (Å²) in [4.78, 5) is 10.5.